The maximum Gasteiger partial charge on any atom is 0.309 e. The Bertz CT molecular complexity index is 222. The average Bonchev–Trinajstić information content (AvgIpc) is 2.47. The molecule has 1 aliphatic heterocycles. The molecule has 2 heteroatoms. The fourth-order valence-electron chi connectivity index (χ4n) is 3.31. The van der Waals surface area contributed by atoms with Gasteiger partial charge in [0.25, 0.3) is 0 Å². The number of rotatable bonds is 0. The lowest BCUT2D eigenvalue weighted by atomic mass is 9.81. The second kappa shape index (κ2) is 1.62. The summed E-state index contributed by atoms with van der Waals surface area (Å²) in [6.45, 7) is 2.21. The van der Waals surface area contributed by atoms with Gasteiger partial charge in [-0.1, -0.05) is 6.92 Å². The summed E-state index contributed by atoms with van der Waals surface area (Å²) in [6.07, 6.45) is 2.71. The molecule has 1 saturated heterocycles. The molecule has 11 heavy (non-hydrogen) atoms. The molecule has 3 fully saturated rings. The van der Waals surface area contributed by atoms with Crippen LogP contribution in [0.15, 0.2) is 0 Å². The summed E-state index contributed by atoms with van der Waals surface area (Å²) in [4.78, 5) is 11.3. The molecule has 2 bridgehead atoms. The van der Waals surface area contributed by atoms with Crippen LogP contribution in [0.25, 0.3) is 0 Å². The van der Waals surface area contributed by atoms with Crippen molar-refractivity contribution in [1.82, 2.24) is 0 Å². The lowest BCUT2D eigenvalue weighted by Crippen LogP contribution is -2.23. The van der Waals surface area contributed by atoms with Crippen LogP contribution >= 0.6 is 0 Å². The zero-order chi connectivity index (χ0) is 7.59. The average molecular weight is 152 g/mol. The molecule has 0 amide bonds. The van der Waals surface area contributed by atoms with Crippen LogP contribution in [0.3, 0.4) is 0 Å². The Labute approximate surface area is 65.9 Å². The third-order valence-corrected chi connectivity index (χ3v) is 3.90. The van der Waals surface area contributed by atoms with Crippen molar-refractivity contribution in [2.24, 2.45) is 23.7 Å². The maximum absolute atomic E-state index is 11.3. The lowest BCUT2D eigenvalue weighted by Gasteiger charge is -2.19. The van der Waals surface area contributed by atoms with E-state index >= 15 is 0 Å². The number of ether oxygens (including phenoxy) is 1. The van der Waals surface area contributed by atoms with Gasteiger partial charge in [0.1, 0.15) is 6.10 Å². The van der Waals surface area contributed by atoms with Gasteiger partial charge in [-0.3, -0.25) is 4.79 Å². The van der Waals surface area contributed by atoms with Gasteiger partial charge in [-0.05, 0) is 24.7 Å². The molecule has 1 heterocycles. The number of carbonyl (C=O) groups excluding carboxylic acids is 1. The quantitative estimate of drug-likeness (QED) is 0.487. The van der Waals surface area contributed by atoms with E-state index in [2.05, 4.69) is 6.92 Å². The minimum absolute atomic E-state index is 0.0903. The van der Waals surface area contributed by atoms with Gasteiger partial charge in [-0.2, -0.15) is 0 Å². The van der Waals surface area contributed by atoms with Crippen molar-refractivity contribution in [1.29, 1.82) is 0 Å². The van der Waals surface area contributed by atoms with Crippen LogP contribution in [0.5, 0.6) is 0 Å². The highest BCUT2D eigenvalue weighted by atomic mass is 16.6. The third-order valence-electron chi connectivity index (χ3n) is 3.90. The zero-order valence-electron chi connectivity index (χ0n) is 6.62. The molecule has 60 valence electrons. The summed E-state index contributed by atoms with van der Waals surface area (Å²) in [7, 11) is 0. The Balaban J connectivity index is 2.05. The van der Waals surface area contributed by atoms with E-state index in [4.69, 9.17) is 4.74 Å². The molecule has 2 saturated carbocycles. The van der Waals surface area contributed by atoms with E-state index < -0.39 is 0 Å². The molecular weight excluding hydrogens is 140 g/mol. The summed E-state index contributed by atoms with van der Waals surface area (Å²) >= 11 is 0. The van der Waals surface area contributed by atoms with Crippen LogP contribution in [0.4, 0.5) is 0 Å². The van der Waals surface area contributed by atoms with Crippen molar-refractivity contribution in [2.45, 2.75) is 25.9 Å². The van der Waals surface area contributed by atoms with Gasteiger partial charge in [-0.25, -0.2) is 0 Å². The SMILES string of the molecule is C[C@H]1[C@H]2C[C@@H]3[C@@H]1C(=O)O[C@@H]3C2. The number of esters is 1. The second-order valence-electron chi connectivity index (χ2n) is 4.26. The van der Waals surface area contributed by atoms with E-state index in [-0.39, 0.29) is 11.9 Å². The number of hydrogen-bond donors (Lipinski definition) is 0. The van der Waals surface area contributed by atoms with E-state index in [1.807, 2.05) is 0 Å². The topological polar surface area (TPSA) is 26.3 Å². The van der Waals surface area contributed by atoms with E-state index in [9.17, 15) is 4.79 Å². The molecule has 0 aromatic heterocycles. The fraction of sp³-hybridized carbons (Fsp3) is 0.889. The molecule has 0 radical (unpaired) electrons. The van der Waals surface area contributed by atoms with Crippen LogP contribution in [0, 0.1) is 23.7 Å². The van der Waals surface area contributed by atoms with Crippen LogP contribution in [-0.4, -0.2) is 12.1 Å². The number of hydrogen-bond acceptors (Lipinski definition) is 2. The van der Waals surface area contributed by atoms with Crippen LogP contribution in [-0.2, 0) is 9.53 Å². The number of fused-ring (bicyclic) bond motifs is 1. The third kappa shape index (κ3) is 0.534. The molecule has 0 aromatic carbocycles. The van der Waals surface area contributed by atoms with Crippen molar-refractivity contribution in [3.05, 3.63) is 0 Å². The predicted molar refractivity (Wildman–Crippen MR) is 38.7 cm³/mol. The Kier molecular flexibility index (Phi) is 0.890. The van der Waals surface area contributed by atoms with Crippen molar-refractivity contribution in [2.75, 3.05) is 0 Å². The first kappa shape index (κ1) is 6.04. The van der Waals surface area contributed by atoms with Crippen LogP contribution < -0.4 is 0 Å². The normalized spacial score (nSPS) is 58.6. The Morgan fingerprint density at radius 3 is 2.91 bits per heavy atom. The second-order valence-corrected chi connectivity index (χ2v) is 4.26. The van der Waals surface area contributed by atoms with Crippen molar-refractivity contribution >= 4 is 5.97 Å². The van der Waals surface area contributed by atoms with Crippen molar-refractivity contribution in [3.63, 3.8) is 0 Å². The summed E-state index contributed by atoms with van der Waals surface area (Å²) < 4.78 is 5.27. The first-order valence-electron chi connectivity index (χ1n) is 4.48. The Morgan fingerprint density at radius 2 is 2.27 bits per heavy atom. The highest BCUT2D eigenvalue weighted by Gasteiger charge is 2.60. The highest BCUT2D eigenvalue weighted by Crippen LogP contribution is 2.57. The van der Waals surface area contributed by atoms with Gasteiger partial charge in [0.05, 0.1) is 5.92 Å². The maximum atomic E-state index is 11.3. The largest absolute Gasteiger partial charge is 0.462 e. The summed E-state index contributed by atoms with van der Waals surface area (Å²) in [6, 6.07) is 0. The predicted octanol–water partition coefficient (Wildman–Crippen LogP) is 1.20. The van der Waals surface area contributed by atoms with Gasteiger partial charge in [-0.15, -0.1) is 0 Å². The first-order chi connectivity index (χ1) is 5.27. The summed E-state index contributed by atoms with van der Waals surface area (Å²) in [5, 5.41) is 0. The standard InChI is InChI=1S/C9H12O2/c1-4-5-2-6-7(3-5)11-9(10)8(4)6/h4-8H,2-3H2,1H3/t4-,5-,6-,7+,8+/m0/s1. The van der Waals surface area contributed by atoms with Crippen molar-refractivity contribution < 1.29 is 9.53 Å². The van der Waals surface area contributed by atoms with Gasteiger partial charge in [0.2, 0.25) is 0 Å². The van der Waals surface area contributed by atoms with E-state index in [0.29, 0.717) is 17.9 Å². The highest BCUT2D eigenvalue weighted by molar-refractivity contribution is 5.76. The molecule has 0 N–H and O–H groups in total. The molecule has 2 aliphatic carbocycles. The van der Waals surface area contributed by atoms with Gasteiger partial charge in [0.15, 0.2) is 0 Å². The zero-order valence-corrected chi connectivity index (χ0v) is 6.62. The molecular formula is C9H12O2. The minimum atomic E-state index is 0.0903. The lowest BCUT2D eigenvalue weighted by molar-refractivity contribution is -0.143. The minimum Gasteiger partial charge on any atom is -0.462 e. The number of carbonyl (C=O) groups is 1. The Hall–Kier alpha value is -0.530. The molecule has 0 spiro atoms. The molecule has 3 rings (SSSR count). The van der Waals surface area contributed by atoms with Crippen LogP contribution in [0.2, 0.25) is 0 Å². The van der Waals surface area contributed by atoms with E-state index in [1.165, 1.54) is 6.42 Å². The Morgan fingerprint density at radius 1 is 1.45 bits per heavy atom. The van der Waals surface area contributed by atoms with Crippen LogP contribution in [0.1, 0.15) is 19.8 Å². The smallest absolute Gasteiger partial charge is 0.309 e. The monoisotopic (exact) mass is 152 g/mol. The molecule has 2 nitrogen and oxygen atoms in total. The van der Waals surface area contributed by atoms with Crippen molar-refractivity contribution in [3.8, 4) is 0 Å². The molecule has 5 atom stereocenters. The molecule has 0 aromatic rings. The van der Waals surface area contributed by atoms with E-state index in [1.54, 1.807) is 0 Å². The fourth-order valence-corrected chi connectivity index (χ4v) is 3.31. The molecule has 0 unspecified atom stereocenters. The summed E-state index contributed by atoms with van der Waals surface area (Å²) in [5.41, 5.74) is 0. The first-order valence-corrected chi connectivity index (χ1v) is 4.48. The van der Waals surface area contributed by atoms with Gasteiger partial charge in [0, 0.05) is 5.92 Å². The van der Waals surface area contributed by atoms with Gasteiger partial charge < -0.3 is 4.74 Å². The van der Waals surface area contributed by atoms with Gasteiger partial charge >= 0.3 is 5.97 Å². The van der Waals surface area contributed by atoms with E-state index in [0.717, 1.165) is 12.3 Å². The summed E-state index contributed by atoms with van der Waals surface area (Å²) in [5.74, 6) is 2.36. The molecule has 3 aliphatic rings.